The van der Waals surface area contributed by atoms with E-state index in [1.165, 1.54) is 6.92 Å². The minimum Gasteiger partial charge on any atom is -0.439 e. The molecular formula is C9H9IN2O3. The first-order valence-electron chi connectivity index (χ1n) is 4.40. The Balaban J connectivity index is 2.35. The molecule has 1 N–H and O–H groups in total. The minimum atomic E-state index is -0.432. The first-order valence-corrected chi connectivity index (χ1v) is 5.48. The summed E-state index contributed by atoms with van der Waals surface area (Å²) < 4.78 is 7.71. The van der Waals surface area contributed by atoms with Crippen molar-refractivity contribution in [1.82, 2.24) is 9.88 Å². The number of hydrogen-bond acceptors (Lipinski definition) is 3. The van der Waals surface area contributed by atoms with Crippen molar-refractivity contribution >= 4 is 34.5 Å². The van der Waals surface area contributed by atoms with Gasteiger partial charge in [0.1, 0.15) is 5.69 Å². The van der Waals surface area contributed by atoms with Gasteiger partial charge in [-0.3, -0.25) is 9.59 Å². The van der Waals surface area contributed by atoms with Crippen LogP contribution in [0.2, 0.25) is 0 Å². The number of halogens is 1. The Morgan fingerprint density at radius 2 is 2.47 bits per heavy atom. The smallest absolute Gasteiger partial charge is 0.304 e. The molecule has 1 aliphatic rings. The maximum atomic E-state index is 11.5. The summed E-state index contributed by atoms with van der Waals surface area (Å²) in [5.74, 6) is -0.493. The van der Waals surface area contributed by atoms with Gasteiger partial charge in [-0.25, -0.2) is 0 Å². The molecule has 1 unspecified atom stereocenters. The second-order valence-electron chi connectivity index (χ2n) is 3.22. The quantitative estimate of drug-likeness (QED) is 0.618. The first-order chi connectivity index (χ1) is 7.08. The Morgan fingerprint density at radius 3 is 3.13 bits per heavy atom. The predicted octanol–water partition coefficient (Wildman–Crippen LogP) is 0.898. The van der Waals surface area contributed by atoms with Crippen LogP contribution in [0.25, 0.3) is 0 Å². The largest absolute Gasteiger partial charge is 0.439 e. The van der Waals surface area contributed by atoms with E-state index in [4.69, 9.17) is 4.74 Å². The molecule has 6 heteroatoms. The van der Waals surface area contributed by atoms with Crippen molar-refractivity contribution in [2.75, 3.05) is 6.54 Å². The number of ether oxygens (including phenoxy) is 1. The van der Waals surface area contributed by atoms with E-state index in [2.05, 4.69) is 27.9 Å². The molecule has 2 heterocycles. The molecule has 1 atom stereocenters. The fraction of sp³-hybridized carbons (Fsp3) is 0.333. The summed E-state index contributed by atoms with van der Waals surface area (Å²) in [4.78, 5) is 22.3. The molecule has 5 nitrogen and oxygen atoms in total. The van der Waals surface area contributed by atoms with Crippen LogP contribution in [-0.4, -0.2) is 23.0 Å². The van der Waals surface area contributed by atoms with Gasteiger partial charge in [-0.15, -0.1) is 0 Å². The molecule has 1 aromatic heterocycles. The number of aromatic nitrogens is 1. The molecule has 0 fully saturated rings. The van der Waals surface area contributed by atoms with Crippen LogP contribution in [0.5, 0.6) is 0 Å². The Hall–Kier alpha value is -1.05. The van der Waals surface area contributed by atoms with Crippen LogP contribution < -0.4 is 5.32 Å². The third-order valence-electron chi connectivity index (χ3n) is 2.10. The zero-order valence-electron chi connectivity index (χ0n) is 7.99. The van der Waals surface area contributed by atoms with Crippen LogP contribution in [0, 0.1) is 3.57 Å². The molecule has 0 saturated carbocycles. The molecule has 15 heavy (non-hydrogen) atoms. The van der Waals surface area contributed by atoms with Crippen molar-refractivity contribution in [1.29, 1.82) is 0 Å². The molecule has 0 aromatic carbocycles. The lowest BCUT2D eigenvalue weighted by molar-refractivity contribution is -0.151. The minimum absolute atomic E-state index is 0.138. The van der Waals surface area contributed by atoms with Crippen molar-refractivity contribution in [3.63, 3.8) is 0 Å². The summed E-state index contributed by atoms with van der Waals surface area (Å²) in [5.41, 5.74) is 0.525. The number of esters is 1. The third kappa shape index (κ3) is 1.99. The standard InChI is InChI=1S/C9H9IN2O3/c1-5(13)15-8-3-11-9(14)7-2-6(10)4-12(7)8/h2,4,8H,3H2,1H3,(H,11,14). The van der Waals surface area contributed by atoms with Crippen LogP contribution >= 0.6 is 22.6 Å². The summed E-state index contributed by atoms with van der Waals surface area (Å²) in [7, 11) is 0. The van der Waals surface area contributed by atoms with Crippen LogP contribution in [-0.2, 0) is 9.53 Å². The van der Waals surface area contributed by atoms with Gasteiger partial charge in [-0.05, 0) is 28.7 Å². The van der Waals surface area contributed by atoms with Crippen molar-refractivity contribution in [3.05, 3.63) is 21.5 Å². The molecule has 1 amide bonds. The van der Waals surface area contributed by atoms with Gasteiger partial charge in [0.05, 0.1) is 6.54 Å². The average molecular weight is 320 g/mol. The van der Waals surface area contributed by atoms with Gasteiger partial charge in [0.25, 0.3) is 5.91 Å². The first kappa shape index (κ1) is 10.5. The van der Waals surface area contributed by atoms with E-state index in [0.29, 0.717) is 12.2 Å². The fourth-order valence-electron chi connectivity index (χ4n) is 1.52. The number of hydrogen-bond donors (Lipinski definition) is 1. The van der Waals surface area contributed by atoms with Crippen LogP contribution in [0.15, 0.2) is 12.3 Å². The fourth-order valence-corrected chi connectivity index (χ4v) is 2.12. The van der Waals surface area contributed by atoms with E-state index in [1.54, 1.807) is 16.8 Å². The topological polar surface area (TPSA) is 60.3 Å². The lowest BCUT2D eigenvalue weighted by atomic mass is 10.3. The number of carbonyl (C=O) groups is 2. The lowest BCUT2D eigenvalue weighted by Gasteiger charge is -2.25. The molecular weight excluding hydrogens is 311 g/mol. The number of carbonyl (C=O) groups excluding carboxylic acids is 2. The van der Waals surface area contributed by atoms with E-state index in [-0.39, 0.29) is 11.9 Å². The zero-order valence-corrected chi connectivity index (χ0v) is 10.1. The zero-order chi connectivity index (χ0) is 11.0. The summed E-state index contributed by atoms with van der Waals surface area (Å²) in [6.07, 6.45) is 1.36. The summed E-state index contributed by atoms with van der Waals surface area (Å²) in [5, 5.41) is 2.67. The summed E-state index contributed by atoms with van der Waals surface area (Å²) in [6, 6.07) is 1.76. The molecule has 0 aliphatic carbocycles. The molecule has 0 radical (unpaired) electrons. The Bertz CT molecular complexity index is 427. The van der Waals surface area contributed by atoms with Gasteiger partial charge < -0.3 is 14.6 Å². The highest BCUT2D eigenvalue weighted by Crippen LogP contribution is 2.21. The van der Waals surface area contributed by atoms with Crippen molar-refractivity contribution < 1.29 is 14.3 Å². The SMILES string of the molecule is CC(=O)OC1CNC(=O)c2cc(I)cn21. The molecule has 80 valence electrons. The van der Waals surface area contributed by atoms with Gasteiger partial charge in [0, 0.05) is 16.7 Å². The van der Waals surface area contributed by atoms with Gasteiger partial charge >= 0.3 is 5.97 Å². The van der Waals surface area contributed by atoms with E-state index in [1.807, 2.05) is 0 Å². The van der Waals surface area contributed by atoms with Gasteiger partial charge in [-0.2, -0.15) is 0 Å². The molecule has 1 aliphatic heterocycles. The van der Waals surface area contributed by atoms with E-state index < -0.39 is 6.23 Å². The number of amides is 1. The maximum absolute atomic E-state index is 11.5. The summed E-state index contributed by atoms with van der Waals surface area (Å²) in [6.45, 7) is 1.67. The monoisotopic (exact) mass is 320 g/mol. The third-order valence-corrected chi connectivity index (χ3v) is 2.69. The second-order valence-corrected chi connectivity index (χ2v) is 4.47. The average Bonchev–Trinajstić information content (AvgIpc) is 2.52. The van der Waals surface area contributed by atoms with Crippen LogP contribution in [0.3, 0.4) is 0 Å². The number of rotatable bonds is 1. The molecule has 0 saturated heterocycles. The van der Waals surface area contributed by atoms with Crippen LogP contribution in [0.1, 0.15) is 23.6 Å². The van der Waals surface area contributed by atoms with Gasteiger partial charge in [0.2, 0.25) is 0 Å². The van der Waals surface area contributed by atoms with Crippen molar-refractivity contribution in [2.45, 2.75) is 13.2 Å². The van der Waals surface area contributed by atoms with Crippen molar-refractivity contribution in [2.24, 2.45) is 0 Å². The van der Waals surface area contributed by atoms with E-state index >= 15 is 0 Å². The lowest BCUT2D eigenvalue weighted by Crippen LogP contribution is -2.40. The Kier molecular flexibility index (Phi) is 2.68. The maximum Gasteiger partial charge on any atom is 0.304 e. The van der Waals surface area contributed by atoms with Crippen LogP contribution in [0.4, 0.5) is 0 Å². The second kappa shape index (κ2) is 3.84. The predicted molar refractivity (Wildman–Crippen MR) is 60.3 cm³/mol. The molecule has 0 spiro atoms. The summed E-state index contributed by atoms with van der Waals surface area (Å²) >= 11 is 2.11. The molecule has 0 bridgehead atoms. The highest BCUT2D eigenvalue weighted by Gasteiger charge is 2.26. The highest BCUT2D eigenvalue weighted by molar-refractivity contribution is 14.1. The molecule has 1 aromatic rings. The van der Waals surface area contributed by atoms with E-state index in [9.17, 15) is 9.59 Å². The van der Waals surface area contributed by atoms with E-state index in [0.717, 1.165) is 3.57 Å². The normalized spacial score (nSPS) is 19.3. The van der Waals surface area contributed by atoms with Crippen molar-refractivity contribution in [3.8, 4) is 0 Å². The van der Waals surface area contributed by atoms with Gasteiger partial charge in [0.15, 0.2) is 6.23 Å². The van der Waals surface area contributed by atoms with Gasteiger partial charge in [-0.1, -0.05) is 0 Å². The Labute approximate surface area is 99.9 Å². The number of fused-ring (bicyclic) bond motifs is 1. The Morgan fingerprint density at radius 1 is 1.73 bits per heavy atom. The molecule has 2 rings (SSSR count). The number of nitrogens with zero attached hydrogens (tertiary/aromatic N) is 1. The highest BCUT2D eigenvalue weighted by atomic mass is 127. The number of nitrogens with one attached hydrogen (secondary N) is 1.